The molecule has 0 radical (unpaired) electrons. The minimum Gasteiger partial charge on any atom is -0.381 e. The zero-order chi connectivity index (χ0) is 14.7. The summed E-state index contributed by atoms with van der Waals surface area (Å²) in [5, 5.41) is 3.63. The molecule has 3 aromatic rings. The predicted octanol–water partition coefficient (Wildman–Crippen LogP) is 3.85. The molecule has 0 aliphatic carbocycles. The summed E-state index contributed by atoms with van der Waals surface area (Å²) in [4.78, 5) is 0. The maximum atomic E-state index is 14.2. The summed E-state index contributed by atoms with van der Waals surface area (Å²) in [6.45, 7) is 0. The molecule has 21 heavy (non-hydrogen) atoms. The first kappa shape index (κ1) is 13.4. The van der Waals surface area contributed by atoms with Crippen LogP contribution in [0.25, 0.3) is 11.1 Å². The van der Waals surface area contributed by atoms with Crippen LogP contribution in [-0.4, -0.2) is 5.16 Å². The van der Waals surface area contributed by atoms with Gasteiger partial charge >= 0.3 is 0 Å². The Bertz CT molecular complexity index is 738. The van der Waals surface area contributed by atoms with Crippen LogP contribution >= 0.6 is 0 Å². The van der Waals surface area contributed by atoms with Crippen molar-refractivity contribution in [2.24, 2.45) is 0 Å². The van der Waals surface area contributed by atoms with E-state index in [1.165, 1.54) is 0 Å². The number of aromatic nitrogens is 1. The van der Waals surface area contributed by atoms with Crippen LogP contribution in [0.1, 0.15) is 11.3 Å². The quantitative estimate of drug-likeness (QED) is 0.790. The fraction of sp³-hybridized carbons (Fsp3) is 0.118. The number of nitrogens with zero attached hydrogens (tertiary/aromatic N) is 1. The van der Waals surface area contributed by atoms with Crippen LogP contribution in [0, 0.1) is 5.82 Å². The van der Waals surface area contributed by atoms with Gasteiger partial charge in [-0.25, -0.2) is 4.39 Å². The molecule has 0 aliphatic heterocycles. The Labute approximate surface area is 122 Å². The zero-order valence-electron chi connectivity index (χ0n) is 11.4. The van der Waals surface area contributed by atoms with Gasteiger partial charge in [0, 0.05) is 18.1 Å². The summed E-state index contributed by atoms with van der Waals surface area (Å²) in [6.07, 6.45) is 1.33. The lowest BCUT2D eigenvalue weighted by molar-refractivity contribution is 0.386. The topological polar surface area (TPSA) is 52.0 Å². The molecule has 2 N–H and O–H groups in total. The van der Waals surface area contributed by atoms with Crippen molar-refractivity contribution in [3.05, 3.63) is 71.7 Å². The molecule has 0 saturated carbocycles. The molecule has 0 saturated heterocycles. The number of benzene rings is 2. The lowest BCUT2D eigenvalue weighted by Gasteiger charge is -2.06. The third-order valence-electron chi connectivity index (χ3n) is 3.36. The third-order valence-corrected chi connectivity index (χ3v) is 3.36. The Kier molecular flexibility index (Phi) is 3.69. The molecule has 3 nitrogen and oxygen atoms in total. The molecule has 4 heteroatoms. The van der Waals surface area contributed by atoms with Crippen LogP contribution in [-0.2, 0) is 12.8 Å². The number of hydrogen-bond donors (Lipinski definition) is 1. The zero-order valence-corrected chi connectivity index (χ0v) is 11.4. The second-order valence-corrected chi connectivity index (χ2v) is 4.90. The van der Waals surface area contributed by atoms with E-state index < -0.39 is 0 Å². The maximum absolute atomic E-state index is 14.2. The molecule has 1 heterocycles. The van der Waals surface area contributed by atoms with Crippen molar-refractivity contribution in [1.82, 2.24) is 5.16 Å². The second-order valence-electron chi connectivity index (χ2n) is 4.90. The van der Waals surface area contributed by atoms with Crippen molar-refractivity contribution < 1.29 is 8.91 Å². The molecule has 0 spiro atoms. The van der Waals surface area contributed by atoms with Crippen LogP contribution in [0.5, 0.6) is 0 Å². The van der Waals surface area contributed by atoms with Gasteiger partial charge in [-0.3, -0.25) is 0 Å². The molecule has 106 valence electrons. The number of aryl methyl sites for hydroxylation is 2. The summed E-state index contributed by atoms with van der Waals surface area (Å²) >= 11 is 0. The van der Waals surface area contributed by atoms with Crippen LogP contribution < -0.4 is 5.73 Å². The minimum absolute atomic E-state index is 0.212. The van der Waals surface area contributed by atoms with Gasteiger partial charge in [0.25, 0.3) is 0 Å². The largest absolute Gasteiger partial charge is 0.381 e. The highest BCUT2D eigenvalue weighted by molar-refractivity contribution is 5.64. The smallest absolute Gasteiger partial charge is 0.167 e. The first-order valence-electron chi connectivity index (χ1n) is 6.77. The number of hydrogen-bond acceptors (Lipinski definition) is 3. The molecule has 3 rings (SSSR count). The first-order chi connectivity index (χ1) is 10.2. The van der Waals surface area contributed by atoms with Crippen molar-refractivity contribution in [2.45, 2.75) is 12.8 Å². The van der Waals surface area contributed by atoms with Gasteiger partial charge in [0.15, 0.2) is 5.82 Å². The highest BCUT2D eigenvalue weighted by atomic mass is 19.1. The fourth-order valence-corrected chi connectivity index (χ4v) is 2.28. The van der Waals surface area contributed by atoms with Gasteiger partial charge in [0.1, 0.15) is 11.6 Å². The average Bonchev–Trinajstić information content (AvgIpc) is 2.92. The van der Waals surface area contributed by atoms with E-state index in [9.17, 15) is 4.39 Å². The monoisotopic (exact) mass is 282 g/mol. The molecular weight excluding hydrogens is 267 g/mol. The van der Waals surface area contributed by atoms with Crippen LogP contribution in [0.2, 0.25) is 0 Å². The Morgan fingerprint density at radius 1 is 1.00 bits per heavy atom. The molecule has 0 aliphatic rings. The lowest BCUT2D eigenvalue weighted by atomic mass is 10.0. The van der Waals surface area contributed by atoms with Gasteiger partial charge in [0.2, 0.25) is 0 Å². The van der Waals surface area contributed by atoms with E-state index in [-0.39, 0.29) is 5.82 Å². The summed E-state index contributed by atoms with van der Waals surface area (Å²) in [7, 11) is 0. The molecule has 0 bridgehead atoms. The predicted molar refractivity (Wildman–Crippen MR) is 80.2 cm³/mol. The lowest BCUT2D eigenvalue weighted by Crippen LogP contribution is -1.93. The standard InChI is InChI=1S/C17H15FN2O/c18-16-10-12(6-8-14-11-17(19)20-21-14)7-9-15(16)13-4-2-1-3-5-13/h1-5,7,9-11H,6,8H2,(H2,19,20). The van der Waals surface area contributed by atoms with Crippen molar-refractivity contribution in [2.75, 3.05) is 5.73 Å². The summed E-state index contributed by atoms with van der Waals surface area (Å²) < 4.78 is 19.3. The molecule has 0 fully saturated rings. The summed E-state index contributed by atoms with van der Waals surface area (Å²) in [5.41, 5.74) is 7.90. The SMILES string of the molecule is Nc1cc(CCc2ccc(-c3ccccc3)c(F)c2)on1. The highest BCUT2D eigenvalue weighted by Gasteiger charge is 2.07. The Hall–Kier alpha value is -2.62. The van der Waals surface area contributed by atoms with E-state index >= 15 is 0 Å². The van der Waals surface area contributed by atoms with Crippen LogP contribution in [0.15, 0.2) is 59.1 Å². The maximum Gasteiger partial charge on any atom is 0.167 e. The number of nitrogens with two attached hydrogens (primary N) is 1. The molecule has 0 amide bonds. The van der Waals surface area contributed by atoms with E-state index in [0.717, 1.165) is 11.1 Å². The van der Waals surface area contributed by atoms with Crippen molar-refractivity contribution >= 4 is 5.82 Å². The minimum atomic E-state index is -0.212. The molecule has 0 atom stereocenters. The molecule has 2 aromatic carbocycles. The summed E-state index contributed by atoms with van der Waals surface area (Å²) in [6, 6.07) is 16.5. The fourth-order valence-electron chi connectivity index (χ4n) is 2.28. The van der Waals surface area contributed by atoms with Crippen molar-refractivity contribution in [3.63, 3.8) is 0 Å². The Morgan fingerprint density at radius 2 is 1.81 bits per heavy atom. The van der Waals surface area contributed by atoms with E-state index in [1.54, 1.807) is 12.1 Å². The third kappa shape index (κ3) is 3.11. The van der Waals surface area contributed by atoms with Crippen molar-refractivity contribution in [3.8, 4) is 11.1 Å². The molecule has 1 aromatic heterocycles. The van der Waals surface area contributed by atoms with Gasteiger partial charge in [-0.05, 0) is 23.6 Å². The van der Waals surface area contributed by atoms with Gasteiger partial charge in [-0.1, -0.05) is 47.6 Å². The first-order valence-corrected chi connectivity index (χ1v) is 6.77. The second kappa shape index (κ2) is 5.79. The number of halogens is 1. The van der Waals surface area contributed by atoms with E-state index in [4.69, 9.17) is 10.3 Å². The van der Waals surface area contributed by atoms with Crippen LogP contribution in [0.3, 0.4) is 0 Å². The van der Waals surface area contributed by atoms with Crippen LogP contribution in [0.4, 0.5) is 10.2 Å². The number of nitrogen functional groups attached to an aromatic ring is 1. The van der Waals surface area contributed by atoms with E-state index in [1.807, 2.05) is 42.5 Å². The Balaban J connectivity index is 1.75. The normalized spacial score (nSPS) is 10.7. The molecule has 0 unspecified atom stereocenters. The van der Waals surface area contributed by atoms with E-state index in [2.05, 4.69) is 5.16 Å². The van der Waals surface area contributed by atoms with Gasteiger partial charge < -0.3 is 10.3 Å². The highest BCUT2D eigenvalue weighted by Crippen LogP contribution is 2.24. The number of rotatable bonds is 4. The van der Waals surface area contributed by atoms with Crippen molar-refractivity contribution in [1.29, 1.82) is 0 Å². The average molecular weight is 282 g/mol. The summed E-state index contributed by atoms with van der Waals surface area (Å²) in [5.74, 6) is 0.867. The van der Waals surface area contributed by atoms with Gasteiger partial charge in [-0.15, -0.1) is 0 Å². The number of anilines is 1. The van der Waals surface area contributed by atoms with Gasteiger partial charge in [0.05, 0.1) is 0 Å². The Morgan fingerprint density at radius 3 is 2.48 bits per heavy atom. The van der Waals surface area contributed by atoms with Gasteiger partial charge in [-0.2, -0.15) is 0 Å². The molecular formula is C17H15FN2O. The van der Waals surface area contributed by atoms with E-state index in [0.29, 0.717) is 30.0 Å².